The van der Waals surface area contributed by atoms with Crippen LogP contribution < -0.4 is 9.52 Å². The molecule has 3 aromatic carbocycles. The number of carbonyl (C=O) groups excluding carboxylic acids is 1. The van der Waals surface area contributed by atoms with Crippen molar-refractivity contribution in [1.29, 1.82) is 0 Å². The smallest absolute Gasteiger partial charge is 0.279 e. The molecule has 4 aromatic rings. The van der Waals surface area contributed by atoms with Gasteiger partial charge in [-0.15, -0.1) is 0 Å². The minimum absolute atomic E-state index is 0.154. The van der Waals surface area contributed by atoms with E-state index in [-0.39, 0.29) is 4.90 Å². The second kappa shape index (κ2) is 9.94. The van der Waals surface area contributed by atoms with Crippen molar-refractivity contribution in [1.82, 2.24) is 4.57 Å². The van der Waals surface area contributed by atoms with Crippen LogP contribution in [0, 0.1) is 6.92 Å². The van der Waals surface area contributed by atoms with Crippen molar-refractivity contribution in [2.24, 2.45) is 4.99 Å². The summed E-state index contributed by atoms with van der Waals surface area (Å²) in [5.74, 6) is 0.481. The van der Waals surface area contributed by atoms with E-state index in [0.29, 0.717) is 16.1 Å². The SMILES string of the molecule is CSCCn1c(=NC(=O)c2cccc(NS(=O)(=O)c3ccccc3)c2)sc2cc(C)ccc21. The number of carbonyl (C=O) groups is 1. The van der Waals surface area contributed by atoms with E-state index >= 15 is 0 Å². The van der Waals surface area contributed by atoms with E-state index in [2.05, 4.69) is 32.5 Å². The lowest BCUT2D eigenvalue weighted by Gasteiger charge is -2.08. The first-order valence-corrected chi connectivity index (χ1v) is 13.9. The van der Waals surface area contributed by atoms with Crippen molar-refractivity contribution < 1.29 is 13.2 Å². The molecule has 9 heteroatoms. The van der Waals surface area contributed by atoms with Gasteiger partial charge in [-0.1, -0.05) is 41.7 Å². The average Bonchev–Trinajstić information content (AvgIpc) is 3.13. The number of nitrogens with one attached hydrogen (secondary N) is 1. The maximum atomic E-state index is 13.0. The Hall–Kier alpha value is -2.88. The van der Waals surface area contributed by atoms with Crippen LogP contribution in [0.5, 0.6) is 0 Å². The molecule has 1 heterocycles. The number of aromatic nitrogens is 1. The summed E-state index contributed by atoms with van der Waals surface area (Å²) < 4.78 is 30.9. The summed E-state index contributed by atoms with van der Waals surface area (Å²) >= 11 is 3.21. The Morgan fingerprint density at radius 3 is 2.61 bits per heavy atom. The molecule has 0 fully saturated rings. The van der Waals surface area contributed by atoms with E-state index in [9.17, 15) is 13.2 Å². The highest BCUT2D eigenvalue weighted by molar-refractivity contribution is 7.98. The van der Waals surface area contributed by atoms with E-state index in [0.717, 1.165) is 28.1 Å². The normalized spacial score (nSPS) is 12.2. The van der Waals surface area contributed by atoms with Crippen molar-refractivity contribution >= 4 is 54.9 Å². The van der Waals surface area contributed by atoms with Gasteiger partial charge in [-0.3, -0.25) is 9.52 Å². The number of thioether (sulfide) groups is 1. The zero-order valence-corrected chi connectivity index (χ0v) is 20.6. The second-order valence-electron chi connectivity index (χ2n) is 7.42. The molecule has 0 saturated heterocycles. The summed E-state index contributed by atoms with van der Waals surface area (Å²) in [5, 5.41) is 0. The molecule has 0 aliphatic rings. The first-order chi connectivity index (χ1) is 15.9. The van der Waals surface area contributed by atoms with E-state index in [1.54, 1.807) is 48.2 Å². The van der Waals surface area contributed by atoms with Crippen LogP contribution in [0.2, 0.25) is 0 Å². The predicted octanol–water partition coefficient (Wildman–Crippen LogP) is 4.92. The zero-order chi connectivity index (χ0) is 23.4. The van der Waals surface area contributed by atoms with Crippen LogP contribution in [0.1, 0.15) is 15.9 Å². The van der Waals surface area contributed by atoms with Gasteiger partial charge in [0, 0.05) is 23.5 Å². The molecule has 0 aliphatic carbocycles. The molecule has 0 bridgehead atoms. The van der Waals surface area contributed by atoms with E-state index in [1.807, 2.05) is 13.2 Å². The number of hydrogen-bond donors (Lipinski definition) is 1. The Bertz CT molecular complexity index is 1470. The summed E-state index contributed by atoms with van der Waals surface area (Å²) in [4.78, 5) is 18.2. The van der Waals surface area contributed by atoms with Crippen LogP contribution in [0.3, 0.4) is 0 Å². The van der Waals surface area contributed by atoms with Crippen LogP contribution in [0.15, 0.2) is 82.7 Å². The standard InChI is InChI=1S/C24H23N3O3S3/c1-17-11-12-21-22(15-17)32-24(27(21)13-14-31-2)25-23(28)18-7-6-8-19(16-18)26-33(29,30)20-9-4-3-5-10-20/h3-12,15-16,26H,13-14H2,1-2H3. The fourth-order valence-corrected chi connectivity index (χ4v) is 5.93. The fourth-order valence-electron chi connectivity index (χ4n) is 3.35. The lowest BCUT2D eigenvalue weighted by Crippen LogP contribution is -2.18. The number of thiazole rings is 1. The largest absolute Gasteiger partial charge is 0.316 e. The van der Waals surface area contributed by atoms with Gasteiger partial charge in [0.1, 0.15) is 0 Å². The number of aryl methyl sites for hydroxylation is 2. The monoisotopic (exact) mass is 497 g/mol. The second-order valence-corrected chi connectivity index (χ2v) is 11.1. The third kappa shape index (κ3) is 5.38. The number of anilines is 1. The average molecular weight is 498 g/mol. The van der Waals surface area contributed by atoms with Crippen LogP contribution in [-0.4, -0.2) is 30.9 Å². The molecule has 33 heavy (non-hydrogen) atoms. The van der Waals surface area contributed by atoms with Crippen LogP contribution in [0.4, 0.5) is 5.69 Å². The van der Waals surface area contributed by atoms with E-state index < -0.39 is 15.9 Å². The maximum Gasteiger partial charge on any atom is 0.279 e. The molecular formula is C24H23N3O3S3. The van der Waals surface area contributed by atoms with Crippen molar-refractivity contribution in [2.45, 2.75) is 18.4 Å². The highest BCUT2D eigenvalue weighted by atomic mass is 32.2. The van der Waals surface area contributed by atoms with Crippen molar-refractivity contribution in [2.75, 3.05) is 16.7 Å². The number of sulfonamides is 1. The Morgan fingerprint density at radius 2 is 1.85 bits per heavy atom. The minimum Gasteiger partial charge on any atom is -0.316 e. The molecule has 1 aromatic heterocycles. The van der Waals surface area contributed by atoms with Crippen molar-refractivity contribution in [3.63, 3.8) is 0 Å². The number of amides is 1. The highest BCUT2D eigenvalue weighted by Gasteiger charge is 2.15. The van der Waals surface area contributed by atoms with Crippen LogP contribution in [0.25, 0.3) is 10.2 Å². The quantitative estimate of drug-likeness (QED) is 0.393. The molecule has 170 valence electrons. The van der Waals surface area contributed by atoms with Gasteiger partial charge in [0.15, 0.2) is 4.80 Å². The van der Waals surface area contributed by atoms with Gasteiger partial charge in [0.25, 0.3) is 15.9 Å². The molecule has 0 radical (unpaired) electrons. The first kappa shape index (κ1) is 23.3. The Morgan fingerprint density at radius 1 is 1.06 bits per heavy atom. The summed E-state index contributed by atoms with van der Waals surface area (Å²) in [6.07, 6.45) is 2.04. The lowest BCUT2D eigenvalue weighted by atomic mass is 10.2. The minimum atomic E-state index is -3.75. The van der Waals surface area contributed by atoms with Crippen molar-refractivity contribution in [3.05, 3.63) is 88.7 Å². The maximum absolute atomic E-state index is 13.0. The predicted molar refractivity (Wildman–Crippen MR) is 137 cm³/mol. The third-order valence-electron chi connectivity index (χ3n) is 4.97. The van der Waals surface area contributed by atoms with Gasteiger partial charge >= 0.3 is 0 Å². The van der Waals surface area contributed by atoms with Gasteiger partial charge in [-0.25, -0.2) is 8.42 Å². The number of hydrogen-bond acceptors (Lipinski definition) is 5. The molecule has 0 spiro atoms. The summed E-state index contributed by atoms with van der Waals surface area (Å²) in [6, 6.07) is 20.7. The van der Waals surface area contributed by atoms with Gasteiger partial charge in [-0.05, 0) is 61.2 Å². The van der Waals surface area contributed by atoms with Gasteiger partial charge in [0.05, 0.1) is 15.1 Å². The summed E-state index contributed by atoms with van der Waals surface area (Å²) in [6.45, 7) is 2.78. The molecule has 0 atom stereocenters. The fraction of sp³-hybridized carbons (Fsp3) is 0.167. The molecule has 4 rings (SSSR count). The number of nitrogens with zero attached hydrogens (tertiary/aromatic N) is 2. The van der Waals surface area contributed by atoms with Crippen LogP contribution >= 0.6 is 23.1 Å². The van der Waals surface area contributed by atoms with E-state index in [4.69, 9.17) is 0 Å². The number of benzene rings is 3. The van der Waals surface area contributed by atoms with Gasteiger partial charge < -0.3 is 4.57 Å². The lowest BCUT2D eigenvalue weighted by molar-refractivity contribution is 0.0998. The highest BCUT2D eigenvalue weighted by Crippen LogP contribution is 2.20. The number of rotatable bonds is 7. The molecule has 0 saturated carbocycles. The third-order valence-corrected chi connectivity index (χ3v) is 8.00. The van der Waals surface area contributed by atoms with Gasteiger partial charge in [-0.2, -0.15) is 16.8 Å². The topological polar surface area (TPSA) is 80.5 Å². The summed E-state index contributed by atoms with van der Waals surface area (Å²) in [5.41, 5.74) is 2.82. The van der Waals surface area contributed by atoms with Crippen molar-refractivity contribution in [3.8, 4) is 0 Å². The Kier molecular flexibility index (Phi) is 7.02. The van der Waals surface area contributed by atoms with Gasteiger partial charge in [0.2, 0.25) is 0 Å². The Balaban J connectivity index is 1.67. The molecule has 0 aliphatic heterocycles. The summed E-state index contributed by atoms with van der Waals surface area (Å²) in [7, 11) is -3.75. The Labute approximate surface area is 201 Å². The molecule has 0 unspecified atom stereocenters. The number of fused-ring (bicyclic) bond motifs is 1. The molecule has 1 N–H and O–H groups in total. The molecule has 6 nitrogen and oxygen atoms in total. The molecule has 1 amide bonds. The van der Waals surface area contributed by atoms with Crippen LogP contribution in [-0.2, 0) is 16.6 Å². The first-order valence-electron chi connectivity index (χ1n) is 10.2. The molecular weight excluding hydrogens is 474 g/mol. The zero-order valence-electron chi connectivity index (χ0n) is 18.2. The van der Waals surface area contributed by atoms with E-state index in [1.165, 1.54) is 29.5 Å².